The fraction of sp³-hybridized carbons (Fsp3) is 0.722. The van der Waals surface area contributed by atoms with Gasteiger partial charge in [0.1, 0.15) is 0 Å². The van der Waals surface area contributed by atoms with Crippen LogP contribution in [0.25, 0.3) is 0 Å². The van der Waals surface area contributed by atoms with Crippen molar-refractivity contribution in [1.82, 2.24) is 4.98 Å². The van der Waals surface area contributed by atoms with Crippen molar-refractivity contribution < 1.29 is 0 Å². The lowest BCUT2D eigenvalue weighted by atomic mass is 9.67. The van der Waals surface area contributed by atoms with Crippen molar-refractivity contribution in [3.05, 3.63) is 30.1 Å². The molecule has 1 aromatic rings. The largest absolute Gasteiger partial charge is 0.327 e. The summed E-state index contributed by atoms with van der Waals surface area (Å²) in [6, 6.07) is 6.37. The van der Waals surface area contributed by atoms with E-state index in [1.807, 2.05) is 12.3 Å². The second-order valence-electron chi connectivity index (χ2n) is 7.60. The number of rotatable bonds is 3. The molecule has 0 bridgehead atoms. The molecule has 2 unspecified atom stereocenters. The second kappa shape index (κ2) is 6.26. The van der Waals surface area contributed by atoms with Crippen LogP contribution in [0.1, 0.15) is 65.0 Å². The lowest BCUT2D eigenvalue weighted by molar-refractivity contribution is 0.135. The van der Waals surface area contributed by atoms with Crippen molar-refractivity contribution in [3.8, 4) is 0 Å². The Morgan fingerprint density at radius 2 is 1.80 bits per heavy atom. The number of pyridine rings is 1. The molecule has 1 aromatic heterocycles. The molecule has 2 rings (SSSR count). The zero-order chi connectivity index (χ0) is 14.8. The number of nitrogens with two attached hydrogens (primary N) is 1. The first kappa shape index (κ1) is 15.5. The summed E-state index contributed by atoms with van der Waals surface area (Å²) < 4.78 is 0. The quantitative estimate of drug-likeness (QED) is 0.889. The van der Waals surface area contributed by atoms with E-state index in [1.165, 1.54) is 25.7 Å². The Hall–Kier alpha value is -0.890. The van der Waals surface area contributed by atoms with E-state index in [2.05, 4.69) is 44.8 Å². The average Bonchev–Trinajstić information content (AvgIpc) is 2.46. The molecular formula is C18H30N2. The van der Waals surface area contributed by atoms with Crippen LogP contribution < -0.4 is 5.73 Å². The van der Waals surface area contributed by atoms with Crippen molar-refractivity contribution in [2.24, 2.45) is 23.0 Å². The fourth-order valence-electron chi connectivity index (χ4n) is 3.62. The average molecular weight is 274 g/mol. The van der Waals surface area contributed by atoms with Gasteiger partial charge < -0.3 is 5.73 Å². The monoisotopic (exact) mass is 274 g/mol. The normalized spacial score (nSPS) is 27.1. The van der Waals surface area contributed by atoms with Gasteiger partial charge in [-0.15, -0.1) is 0 Å². The van der Waals surface area contributed by atoms with Crippen molar-refractivity contribution in [1.29, 1.82) is 0 Å². The highest BCUT2D eigenvalue weighted by atomic mass is 14.7. The molecular weight excluding hydrogens is 244 g/mol. The third-order valence-corrected chi connectivity index (χ3v) is 5.27. The molecule has 0 amide bonds. The molecule has 112 valence electrons. The Labute approximate surface area is 124 Å². The van der Waals surface area contributed by atoms with Crippen LogP contribution >= 0.6 is 0 Å². The van der Waals surface area contributed by atoms with Gasteiger partial charge in [-0.25, -0.2) is 0 Å². The predicted octanol–water partition coefficient (Wildman–Crippen LogP) is 4.36. The third-order valence-electron chi connectivity index (χ3n) is 5.27. The van der Waals surface area contributed by atoms with E-state index in [0.717, 1.165) is 11.6 Å². The first-order chi connectivity index (χ1) is 9.39. The van der Waals surface area contributed by atoms with Gasteiger partial charge in [0.25, 0.3) is 0 Å². The van der Waals surface area contributed by atoms with Gasteiger partial charge in [0.05, 0.1) is 0 Å². The molecule has 2 N–H and O–H groups in total. The highest BCUT2D eigenvalue weighted by Gasteiger charge is 2.33. The van der Waals surface area contributed by atoms with E-state index in [4.69, 9.17) is 5.73 Å². The summed E-state index contributed by atoms with van der Waals surface area (Å²) in [7, 11) is 0. The van der Waals surface area contributed by atoms with E-state index in [1.54, 1.807) is 0 Å². The van der Waals surface area contributed by atoms with Crippen LogP contribution in [0.4, 0.5) is 0 Å². The Bertz CT molecular complexity index is 399. The molecule has 0 spiro atoms. The molecule has 1 fully saturated rings. The molecule has 2 heteroatoms. The van der Waals surface area contributed by atoms with Crippen molar-refractivity contribution >= 4 is 0 Å². The molecule has 2 nitrogen and oxygen atoms in total. The summed E-state index contributed by atoms with van der Waals surface area (Å²) >= 11 is 0. The maximum Gasteiger partial charge on any atom is 0.0447 e. The second-order valence-corrected chi connectivity index (χ2v) is 7.60. The molecule has 1 aliphatic rings. The minimum atomic E-state index is 0.241. The van der Waals surface area contributed by atoms with Crippen LogP contribution in [0.15, 0.2) is 24.4 Å². The van der Waals surface area contributed by atoms with Crippen LogP contribution in [0.5, 0.6) is 0 Å². The standard InChI is InChI=1S/C18H30N2/c1-13(16-7-5-6-12-20-16)17(19)14-8-10-15(11-9-14)18(2,3)4/h5-7,12-15,17H,8-11,19H2,1-4H3. The molecule has 0 aliphatic heterocycles. The maximum atomic E-state index is 6.54. The Morgan fingerprint density at radius 3 is 2.30 bits per heavy atom. The van der Waals surface area contributed by atoms with Gasteiger partial charge in [-0.1, -0.05) is 33.8 Å². The van der Waals surface area contributed by atoms with E-state index in [9.17, 15) is 0 Å². The van der Waals surface area contributed by atoms with E-state index < -0.39 is 0 Å². The highest BCUT2D eigenvalue weighted by Crippen LogP contribution is 2.41. The third kappa shape index (κ3) is 3.60. The van der Waals surface area contributed by atoms with E-state index in [-0.39, 0.29) is 6.04 Å². The summed E-state index contributed by atoms with van der Waals surface area (Å²) in [5, 5.41) is 0. The van der Waals surface area contributed by atoms with Gasteiger partial charge >= 0.3 is 0 Å². The Morgan fingerprint density at radius 1 is 1.15 bits per heavy atom. The Balaban J connectivity index is 1.93. The summed E-state index contributed by atoms with van der Waals surface area (Å²) in [6.45, 7) is 9.33. The van der Waals surface area contributed by atoms with Crippen molar-refractivity contribution in [3.63, 3.8) is 0 Å². The molecule has 1 saturated carbocycles. The maximum absolute atomic E-state index is 6.54. The molecule has 0 aromatic carbocycles. The van der Waals surface area contributed by atoms with Crippen molar-refractivity contribution in [2.75, 3.05) is 0 Å². The lowest BCUT2D eigenvalue weighted by Crippen LogP contribution is -2.39. The zero-order valence-electron chi connectivity index (χ0n) is 13.5. The molecule has 1 aliphatic carbocycles. The smallest absolute Gasteiger partial charge is 0.0447 e. The molecule has 0 saturated heterocycles. The summed E-state index contributed by atoms with van der Waals surface area (Å²) in [4.78, 5) is 4.47. The first-order valence-corrected chi connectivity index (χ1v) is 8.06. The number of nitrogens with zero attached hydrogens (tertiary/aromatic N) is 1. The fourth-order valence-corrected chi connectivity index (χ4v) is 3.62. The van der Waals surface area contributed by atoms with Gasteiger partial charge in [-0.05, 0) is 55.1 Å². The number of hydrogen-bond donors (Lipinski definition) is 1. The van der Waals surface area contributed by atoms with E-state index >= 15 is 0 Å². The molecule has 20 heavy (non-hydrogen) atoms. The van der Waals surface area contributed by atoms with Crippen LogP contribution in [-0.4, -0.2) is 11.0 Å². The molecule has 0 radical (unpaired) electrons. The molecule has 2 atom stereocenters. The number of hydrogen-bond acceptors (Lipinski definition) is 2. The van der Waals surface area contributed by atoms with E-state index in [0.29, 0.717) is 17.3 Å². The summed E-state index contributed by atoms with van der Waals surface area (Å²) in [5.74, 6) is 1.87. The molecule has 1 heterocycles. The SMILES string of the molecule is CC(c1ccccn1)C(N)C1CCC(C(C)(C)C)CC1. The highest BCUT2D eigenvalue weighted by molar-refractivity contribution is 5.11. The predicted molar refractivity (Wildman–Crippen MR) is 85.5 cm³/mol. The summed E-state index contributed by atoms with van der Waals surface area (Å²) in [5.41, 5.74) is 8.12. The van der Waals surface area contributed by atoms with Gasteiger partial charge in [-0.3, -0.25) is 4.98 Å². The van der Waals surface area contributed by atoms with Crippen LogP contribution in [0.2, 0.25) is 0 Å². The van der Waals surface area contributed by atoms with Gasteiger partial charge in [0.15, 0.2) is 0 Å². The zero-order valence-corrected chi connectivity index (χ0v) is 13.5. The minimum Gasteiger partial charge on any atom is -0.327 e. The van der Waals surface area contributed by atoms with Crippen LogP contribution in [-0.2, 0) is 0 Å². The Kier molecular flexibility index (Phi) is 4.85. The van der Waals surface area contributed by atoms with Crippen molar-refractivity contribution in [2.45, 2.75) is 65.3 Å². The topological polar surface area (TPSA) is 38.9 Å². The summed E-state index contributed by atoms with van der Waals surface area (Å²) in [6.07, 6.45) is 7.09. The van der Waals surface area contributed by atoms with Gasteiger partial charge in [0.2, 0.25) is 0 Å². The van der Waals surface area contributed by atoms with Crippen LogP contribution in [0, 0.1) is 17.3 Å². The van der Waals surface area contributed by atoms with Gasteiger partial charge in [-0.2, -0.15) is 0 Å². The minimum absolute atomic E-state index is 0.241. The first-order valence-electron chi connectivity index (χ1n) is 8.06. The van der Waals surface area contributed by atoms with Crippen LogP contribution in [0.3, 0.4) is 0 Å². The van der Waals surface area contributed by atoms with Gasteiger partial charge in [0, 0.05) is 23.9 Å². The lowest BCUT2D eigenvalue weighted by Gasteiger charge is -2.39. The number of aromatic nitrogens is 1.